The van der Waals surface area contributed by atoms with Crippen molar-refractivity contribution >= 4 is 27.3 Å². The van der Waals surface area contributed by atoms with Crippen molar-refractivity contribution in [2.24, 2.45) is 0 Å². The third-order valence-corrected chi connectivity index (χ3v) is 3.14. The molecule has 0 spiro atoms. The molecule has 0 radical (unpaired) electrons. The molecule has 1 heterocycles. The van der Waals surface area contributed by atoms with Crippen LogP contribution in [0.2, 0.25) is 0 Å². The summed E-state index contributed by atoms with van der Waals surface area (Å²) in [7, 11) is 0. The molecular weight excluding hydrogens is 226 g/mol. The van der Waals surface area contributed by atoms with Gasteiger partial charge in [0, 0.05) is 0 Å². The highest BCUT2D eigenvalue weighted by Gasteiger charge is 2.20. The number of hydrogen-bond donors (Lipinski definition) is 0. The standard InChI is InChI=1S/C7H8BrNOS/c8-6-4-9-7(11-6)10-5-2-1-3-5/h4-5H,1-3H2. The zero-order valence-corrected chi connectivity index (χ0v) is 8.32. The zero-order chi connectivity index (χ0) is 7.68. The Balaban J connectivity index is 1.95. The van der Waals surface area contributed by atoms with Gasteiger partial charge in [0.25, 0.3) is 5.19 Å². The number of rotatable bonds is 2. The molecule has 4 heteroatoms. The zero-order valence-electron chi connectivity index (χ0n) is 5.92. The van der Waals surface area contributed by atoms with Gasteiger partial charge in [0.2, 0.25) is 0 Å². The lowest BCUT2D eigenvalue weighted by molar-refractivity contribution is 0.120. The summed E-state index contributed by atoms with van der Waals surface area (Å²) in [6, 6.07) is 0. The third-order valence-electron chi connectivity index (χ3n) is 1.78. The first-order chi connectivity index (χ1) is 5.34. The molecule has 60 valence electrons. The second-order valence-electron chi connectivity index (χ2n) is 2.60. The summed E-state index contributed by atoms with van der Waals surface area (Å²) >= 11 is 4.89. The molecule has 1 aliphatic rings. The van der Waals surface area contributed by atoms with Crippen molar-refractivity contribution in [3.8, 4) is 5.19 Å². The smallest absolute Gasteiger partial charge is 0.274 e. The summed E-state index contributed by atoms with van der Waals surface area (Å²) in [4.78, 5) is 4.09. The SMILES string of the molecule is Brc1cnc(OC2CCC2)s1. The van der Waals surface area contributed by atoms with Crippen molar-refractivity contribution in [2.45, 2.75) is 25.4 Å². The fourth-order valence-corrected chi connectivity index (χ4v) is 2.00. The van der Waals surface area contributed by atoms with Crippen molar-refractivity contribution in [1.29, 1.82) is 0 Å². The van der Waals surface area contributed by atoms with Gasteiger partial charge in [-0.15, -0.1) is 0 Å². The van der Waals surface area contributed by atoms with E-state index in [-0.39, 0.29) is 0 Å². The van der Waals surface area contributed by atoms with E-state index in [1.54, 1.807) is 17.5 Å². The molecule has 1 aliphatic carbocycles. The van der Waals surface area contributed by atoms with Gasteiger partial charge in [-0.05, 0) is 35.2 Å². The quantitative estimate of drug-likeness (QED) is 0.784. The molecule has 0 saturated heterocycles. The minimum absolute atomic E-state index is 0.438. The Kier molecular flexibility index (Phi) is 2.13. The number of nitrogens with zero attached hydrogens (tertiary/aromatic N) is 1. The fraction of sp³-hybridized carbons (Fsp3) is 0.571. The van der Waals surface area contributed by atoms with Crippen LogP contribution in [0.4, 0.5) is 0 Å². The van der Waals surface area contributed by atoms with Gasteiger partial charge in [0.05, 0.1) is 9.98 Å². The van der Waals surface area contributed by atoms with Gasteiger partial charge in [-0.3, -0.25) is 0 Å². The highest BCUT2D eigenvalue weighted by molar-refractivity contribution is 9.11. The summed E-state index contributed by atoms with van der Waals surface area (Å²) in [5.74, 6) is 0. The lowest BCUT2D eigenvalue weighted by atomic mass is 9.96. The van der Waals surface area contributed by atoms with Gasteiger partial charge >= 0.3 is 0 Å². The topological polar surface area (TPSA) is 22.1 Å². The van der Waals surface area contributed by atoms with E-state index in [1.807, 2.05) is 0 Å². The highest BCUT2D eigenvalue weighted by Crippen LogP contribution is 2.30. The number of aromatic nitrogens is 1. The number of hydrogen-bond acceptors (Lipinski definition) is 3. The predicted molar refractivity (Wildman–Crippen MR) is 48.1 cm³/mol. The first kappa shape index (κ1) is 7.55. The Morgan fingerprint density at radius 2 is 2.45 bits per heavy atom. The van der Waals surface area contributed by atoms with Gasteiger partial charge in [-0.2, -0.15) is 0 Å². The molecule has 0 aliphatic heterocycles. The molecule has 0 N–H and O–H groups in total. The van der Waals surface area contributed by atoms with E-state index in [1.165, 1.54) is 19.3 Å². The van der Waals surface area contributed by atoms with E-state index < -0.39 is 0 Å². The maximum absolute atomic E-state index is 5.55. The monoisotopic (exact) mass is 233 g/mol. The Morgan fingerprint density at radius 1 is 1.64 bits per heavy atom. The minimum Gasteiger partial charge on any atom is -0.467 e. The van der Waals surface area contributed by atoms with Crippen LogP contribution in [-0.4, -0.2) is 11.1 Å². The first-order valence-electron chi connectivity index (χ1n) is 3.62. The first-order valence-corrected chi connectivity index (χ1v) is 5.23. The van der Waals surface area contributed by atoms with Gasteiger partial charge in [-0.25, -0.2) is 4.98 Å². The molecule has 0 aromatic carbocycles. The van der Waals surface area contributed by atoms with Crippen LogP contribution >= 0.6 is 27.3 Å². The molecule has 0 amide bonds. The maximum Gasteiger partial charge on any atom is 0.274 e. The van der Waals surface area contributed by atoms with E-state index >= 15 is 0 Å². The van der Waals surface area contributed by atoms with Crippen LogP contribution in [0.15, 0.2) is 9.98 Å². The van der Waals surface area contributed by atoms with Crippen LogP contribution in [0.1, 0.15) is 19.3 Å². The highest BCUT2D eigenvalue weighted by atomic mass is 79.9. The van der Waals surface area contributed by atoms with E-state index in [0.29, 0.717) is 6.10 Å². The van der Waals surface area contributed by atoms with Gasteiger partial charge in [0.1, 0.15) is 6.10 Å². The van der Waals surface area contributed by atoms with Gasteiger partial charge in [-0.1, -0.05) is 11.3 Å². The van der Waals surface area contributed by atoms with E-state index in [4.69, 9.17) is 4.74 Å². The van der Waals surface area contributed by atoms with Crippen molar-refractivity contribution in [3.05, 3.63) is 9.98 Å². The molecule has 1 aromatic rings. The van der Waals surface area contributed by atoms with Crippen LogP contribution in [0, 0.1) is 0 Å². The Labute approximate surface area is 77.7 Å². The minimum atomic E-state index is 0.438. The summed E-state index contributed by atoms with van der Waals surface area (Å²) in [6.07, 6.45) is 5.90. The lowest BCUT2D eigenvalue weighted by Gasteiger charge is -2.24. The average molecular weight is 234 g/mol. The summed E-state index contributed by atoms with van der Waals surface area (Å²) < 4.78 is 6.58. The van der Waals surface area contributed by atoms with Crippen LogP contribution in [0.3, 0.4) is 0 Å². The summed E-state index contributed by atoms with van der Waals surface area (Å²) in [6.45, 7) is 0. The lowest BCUT2D eigenvalue weighted by Crippen LogP contribution is -2.24. The second kappa shape index (κ2) is 3.11. The largest absolute Gasteiger partial charge is 0.467 e. The van der Waals surface area contributed by atoms with Crippen LogP contribution in [-0.2, 0) is 0 Å². The predicted octanol–water partition coefficient (Wildman–Crippen LogP) is 2.84. The Hall–Kier alpha value is -0.0900. The van der Waals surface area contributed by atoms with E-state index in [2.05, 4.69) is 20.9 Å². The molecule has 0 atom stereocenters. The van der Waals surface area contributed by atoms with Crippen LogP contribution in [0.5, 0.6) is 5.19 Å². The van der Waals surface area contributed by atoms with Crippen LogP contribution in [0.25, 0.3) is 0 Å². The number of thiazole rings is 1. The summed E-state index contributed by atoms with van der Waals surface area (Å²) in [5, 5.41) is 0.793. The molecule has 0 unspecified atom stereocenters. The molecule has 1 saturated carbocycles. The molecule has 2 rings (SSSR count). The van der Waals surface area contributed by atoms with Crippen LogP contribution < -0.4 is 4.74 Å². The second-order valence-corrected chi connectivity index (χ2v) is 4.97. The number of ether oxygens (including phenoxy) is 1. The molecule has 0 bridgehead atoms. The van der Waals surface area contributed by atoms with Gasteiger partial charge in [0.15, 0.2) is 0 Å². The van der Waals surface area contributed by atoms with Gasteiger partial charge < -0.3 is 4.74 Å². The summed E-state index contributed by atoms with van der Waals surface area (Å²) in [5.41, 5.74) is 0. The molecular formula is C7H8BrNOS. The fourth-order valence-electron chi connectivity index (χ4n) is 0.925. The molecule has 11 heavy (non-hydrogen) atoms. The third kappa shape index (κ3) is 1.73. The maximum atomic E-state index is 5.55. The number of halogens is 1. The molecule has 2 nitrogen and oxygen atoms in total. The normalized spacial score (nSPS) is 17.9. The van der Waals surface area contributed by atoms with Crippen molar-refractivity contribution in [2.75, 3.05) is 0 Å². The Bertz CT molecular complexity index is 246. The molecule has 1 fully saturated rings. The molecule has 1 aromatic heterocycles. The average Bonchev–Trinajstić information content (AvgIpc) is 2.27. The van der Waals surface area contributed by atoms with Crippen molar-refractivity contribution in [3.63, 3.8) is 0 Å². The Morgan fingerprint density at radius 3 is 2.91 bits per heavy atom. The van der Waals surface area contributed by atoms with Crippen molar-refractivity contribution in [1.82, 2.24) is 4.98 Å². The van der Waals surface area contributed by atoms with E-state index in [0.717, 1.165) is 8.98 Å². The van der Waals surface area contributed by atoms with Crippen molar-refractivity contribution < 1.29 is 4.74 Å². The van der Waals surface area contributed by atoms with E-state index in [9.17, 15) is 0 Å².